The van der Waals surface area contributed by atoms with E-state index in [2.05, 4.69) is 0 Å². The lowest BCUT2D eigenvalue weighted by atomic mass is 9.90. The smallest absolute Gasteiger partial charge is 0.310 e. The molecule has 0 saturated carbocycles. The van der Waals surface area contributed by atoms with Gasteiger partial charge in [-0.25, -0.2) is 8.42 Å². The molecule has 1 amide bonds. The topological polar surface area (TPSA) is 95.0 Å². The molecule has 7 nitrogen and oxygen atoms in total. The lowest BCUT2D eigenvalue weighted by molar-refractivity contribution is -0.146. The van der Waals surface area contributed by atoms with Crippen molar-refractivity contribution in [2.75, 3.05) is 27.2 Å². The number of carboxylic acids is 1. The number of aliphatic carboxylic acids is 1. The van der Waals surface area contributed by atoms with Crippen molar-refractivity contribution < 1.29 is 23.1 Å². The van der Waals surface area contributed by atoms with Crippen molar-refractivity contribution in [1.82, 2.24) is 9.21 Å². The lowest BCUT2D eigenvalue weighted by Crippen LogP contribution is -2.35. The Morgan fingerprint density at radius 3 is 2.48 bits per heavy atom. The van der Waals surface area contributed by atoms with Crippen LogP contribution in [0.25, 0.3) is 0 Å². The first-order chi connectivity index (χ1) is 10.6. The van der Waals surface area contributed by atoms with E-state index in [1.807, 2.05) is 0 Å². The number of carbonyl (C=O) groups excluding carboxylic acids is 1. The van der Waals surface area contributed by atoms with Crippen LogP contribution < -0.4 is 0 Å². The molecule has 1 N–H and O–H groups in total. The third-order valence-corrected chi connectivity index (χ3v) is 5.92. The van der Waals surface area contributed by atoms with Crippen LogP contribution >= 0.6 is 0 Å². The molecule has 0 radical (unpaired) electrons. The number of hydrogen-bond donors (Lipinski definition) is 1. The summed E-state index contributed by atoms with van der Waals surface area (Å²) in [4.78, 5) is 24.6. The molecule has 1 aromatic carbocycles. The fourth-order valence-electron chi connectivity index (χ4n) is 2.50. The number of carboxylic acid groups (broad SMARTS) is 1. The average Bonchev–Trinajstić information content (AvgIpc) is 2.91. The molecule has 1 aliphatic heterocycles. The van der Waals surface area contributed by atoms with Crippen molar-refractivity contribution in [2.45, 2.75) is 18.2 Å². The summed E-state index contributed by atoms with van der Waals surface area (Å²) >= 11 is 0. The molecule has 1 fully saturated rings. The first-order valence-electron chi connectivity index (χ1n) is 7.13. The maximum absolute atomic E-state index is 12.7. The highest BCUT2D eigenvalue weighted by molar-refractivity contribution is 7.89. The van der Waals surface area contributed by atoms with E-state index in [9.17, 15) is 23.1 Å². The molecule has 1 saturated heterocycles. The van der Waals surface area contributed by atoms with Crippen LogP contribution in [0.4, 0.5) is 0 Å². The van der Waals surface area contributed by atoms with Gasteiger partial charge in [-0.05, 0) is 31.5 Å². The third-order valence-electron chi connectivity index (χ3n) is 4.08. The third kappa shape index (κ3) is 3.23. The summed E-state index contributed by atoms with van der Waals surface area (Å²) in [5.41, 5.74) is -0.805. The number of hydrogen-bond acceptors (Lipinski definition) is 4. The summed E-state index contributed by atoms with van der Waals surface area (Å²) in [6, 6.07) is 5.80. The van der Waals surface area contributed by atoms with Gasteiger partial charge >= 0.3 is 5.97 Å². The Bertz CT molecular complexity index is 744. The van der Waals surface area contributed by atoms with Crippen molar-refractivity contribution in [1.29, 1.82) is 0 Å². The highest BCUT2D eigenvalue weighted by Gasteiger charge is 2.44. The zero-order valence-electron chi connectivity index (χ0n) is 13.3. The number of carbonyl (C=O) groups is 2. The van der Waals surface area contributed by atoms with Crippen LogP contribution in [-0.2, 0) is 14.8 Å². The first kappa shape index (κ1) is 17.4. The van der Waals surface area contributed by atoms with Gasteiger partial charge in [0, 0.05) is 32.7 Å². The summed E-state index contributed by atoms with van der Waals surface area (Å²) in [7, 11) is -0.655. The van der Waals surface area contributed by atoms with Crippen LogP contribution in [0.2, 0.25) is 0 Å². The van der Waals surface area contributed by atoms with Gasteiger partial charge < -0.3 is 10.0 Å². The van der Waals surface area contributed by atoms with E-state index in [0.29, 0.717) is 0 Å². The van der Waals surface area contributed by atoms with E-state index in [4.69, 9.17) is 0 Å². The van der Waals surface area contributed by atoms with Gasteiger partial charge in [0.15, 0.2) is 0 Å². The van der Waals surface area contributed by atoms with Crippen LogP contribution in [0.3, 0.4) is 0 Å². The van der Waals surface area contributed by atoms with E-state index >= 15 is 0 Å². The van der Waals surface area contributed by atoms with Crippen LogP contribution in [0.5, 0.6) is 0 Å². The van der Waals surface area contributed by atoms with Gasteiger partial charge in [-0.1, -0.05) is 6.07 Å². The Labute approximate surface area is 135 Å². The van der Waals surface area contributed by atoms with Crippen LogP contribution in [0.1, 0.15) is 23.7 Å². The summed E-state index contributed by atoms with van der Waals surface area (Å²) in [5.74, 6) is -1.30. The second-order valence-electron chi connectivity index (χ2n) is 6.18. The fourth-order valence-corrected chi connectivity index (χ4v) is 4.11. The van der Waals surface area contributed by atoms with Crippen molar-refractivity contribution in [3.05, 3.63) is 29.8 Å². The SMILES string of the molecule is CN(C)C(=O)c1cccc(S(=O)(=O)N2CCC(C)(C(=O)O)C2)c1. The first-order valence-corrected chi connectivity index (χ1v) is 8.57. The molecule has 0 bridgehead atoms. The minimum Gasteiger partial charge on any atom is -0.481 e. The number of rotatable bonds is 4. The summed E-state index contributed by atoms with van der Waals surface area (Å²) in [6.07, 6.45) is 0.262. The fraction of sp³-hybridized carbons (Fsp3) is 0.467. The van der Waals surface area contributed by atoms with Crippen LogP contribution in [0, 0.1) is 5.41 Å². The molecule has 1 atom stereocenters. The molecule has 8 heteroatoms. The minimum atomic E-state index is -3.83. The molecule has 0 spiro atoms. The van der Waals surface area contributed by atoms with Crippen molar-refractivity contribution in [2.24, 2.45) is 5.41 Å². The molecule has 126 valence electrons. The molecule has 23 heavy (non-hydrogen) atoms. The highest BCUT2D eigenvalue weighted by atomic mass is 32.2. The Morgan fingerprint density at radius 1 is 1.30 bits per heavy atom. The molecular formula is C15H20N2O5S. The normalized spacial score (nSPS) is 22.0. The molecule has 1 unspecified atom stereocenters. The zero-order chi connectivity index (χ0) is 17.4. The molecule has 2 rings (SSSR count). The number of nitrogens with zero attached hydrogens (tertiary/aromatic N) is 2. The van der Waals surface area contributed by atoms with E-state index in [1.165, 1.54) is 34.3 Å². The Kier molecular flexibility index (Phi) is 4.50. The van der Waals surface area contributed by atoms with Gasteiger partial charge in [-0.2, -0.15) is 4.31 Å². The standard InChI is InChI=1S/C15H20N2O5S/c1-15(14(19)20)7-8-17(10-15)23(21,22)12-6-4-5-11(9-12)13(18)16(2)3/h4-6,9H,7-8,10H2,1-3H3,(H,19,20). The van der Waals surface area contributed by atoms with Gasteiger partial charge in [0.2, 0.25) is 10.0 Å². The average molecular weight is 340 g/mol. The highest BCUT2D eigenvalue weighted by Crippen LogP contribution is 2.33. The van der Waals surface area contributed by atoms with Gasteiger partial charge in [-0.15, -0.1) is 0 Å². The Morgan fingerprint density at radius 2 is 1.96 bits per heavy atom. The second kappa shape index (κ2) is 5.93. The van der Waals surface area contributed by atoms with E-state index in [0.717, 1.165) is 0 Å². The predicted molar refractivity (Wildman–Crippen MR) is 83.6 cm³/mol. The largest absolute Gasteiger partial charge is 0.481 e. The Hall–Kier alpha value is -1.93. The molecule has 1 aromatic rings. The van der Waals surface area contributed by atoms with E-state index in [-0.39, 0.29) is 35.9 Å². The zero-order valence-corrected chi connectivity index (χ0v) is 14.1. The second-order valence-corrected chi connectivity index (χ2v) is 8.12. The summed E-state index contributed by atoms with van der Waals surface area (Å²) < 4.78 is 26.6. The van der Waals surface area contributed by atoms with Crippen molar-refractivity contribution in [3.63, 3.8) is 0 Å². The van der Waals surface area contributed by atoms with E-state index in [1.54, 1.807) is 20.2 Å². The van der Waals surface area contributed by atoms with Crippen molar-refractivity contribution >= 4 is 21.9 Å². The quantitative estimate of drug-likeness (QED) is 0.878. The van der Waals surface area contributed by atoms with E-state index < -0.39 is 21.4 Å². The summed E-state index contributed by atoms with van der Waals surface area (Å²) in [5, 5.41) is 9.23. The van der Waals surface area contributed by atoms with Gasteiger partial charge in [-0.3, -0.25) is 9.59 Å². The van der Waals surface area contributed by atoms with Gasteiger partial charge in [0.1, 0.15) is 0 Å². The Balaban J connectivity index is 2.33. The van der Waals surface area contributed by atoms with Crippen molar-refractivity contribution in [3.8, 4) is 0 Å². The van der Waals surface area contributed by atoms with Gasteiger partial charge in [0.05, 0.1) is 10.3 Å². The molecule has 1 aliphatic rings. The maximum Gasteiger partial charge on any atom is 0.310 e. The predicted octanol–water partition coefficient (Wildman–Crippen LogP) is 0.874. The van der Waals surface area contributed by atoms with Gasteiger partial charge in [0.25, 0.3) is 5.91 Å². The molecular weight excluding hydrogens is 320 g/mol. The molecule has 1 heterocycles. The summed E-state index contributed by atoms with van der Waals surface area (Å²) in [6.45, 7) is 1.62. The number of amides is 1. The number of sulfonamides is 1. The maximum atomic E-state index is 12.7. The van der Waals surface area contributed by atoms with Crippen LogP contribution in [-0.4, -0.2) is 61.8 Å². The monoisotopic (exact) mass is 340 g/mol. The minimum absolute atomic E-state index is 0.000149. The molecule has 0 aliphatic carbocycles. The molecule has 0 aromatic heterocycles. The van der Waals surface area contributed by atoms with Crippen LogP contribution in [0.15, 0.2) is 29.2 Å². The number of benzene rings is 1. The lowest BCUT2D eigenvalue weighted by Gasteiger charge is -2.20.